The predicted octanol–water partition coefficient (Wildman–Crippen LogP) is 0.752. The highest BCUT2D eigenvalue weighted by Gasteiger charge is 2.11. The third-order valence-corrected chi connectivity index (χ3v) is 3.23. The molecule has 0 radical (unpaired) electrons. The molecule has 5 heteroatoms. The summed E-state index contributed by atoms with van der Waals surface area (Å²) >= 11 is -0.550. The van der Waals surface area contributed by atoms with Crippen LogP contribution in [0.2, 0.25) is 0 Å². The fraction of sp³-hybridized carbons (Fsp3) is 0. The van der Waals surface area contributed by atoms with Crippen molar-refractivity contribution in [2.24, 2.45) is 0 Å². The lowest BCUT2D eigenvalue weighted by Crippen LogP contribution is -2.06. The van der Waals surface area contributed by atoms with Crippen molar-refractivity contribution in [3.63, 3.8) is 0 Å². The van der Waals surface area contributed by atoms with Crippen LogP contribution in [0.25, 0.3) is 0 Å². The summed E-state index contributed by atoms with van der Waals surface area (Å²) in [6, 6.07) is 0. The summed E-state index contributed by atoms with van der Waals surface area (Å²) in [5, 5.41) is 17.1. The normalized spacial score (nSPS) is 15.7. The molecular formula is C7H5IO4. The Hall–Kier alpha value is -0.980. The van der Waals surface area contributed by atoms with Gasteiger partial charge in [0.1, 0.15) is 0 Å². The summed E-state index contributed by atoms with van der Waals surface area (Å²) in [6.45, 7) is 0. The van der Waals surface area contributed by atoms with E-state index in [4.69, 9.17) is 10.2 Å². The average Bonchev–Trinajstić information content (AvgIpc) is 2.04. The lowest BCUT2D eigenvalue weighted by Gasteiger charge is -2.00. The van der Waals surface area contributed by atoms with Crippen molar-refractivity contribution in [2.45, 2.75) is 0 Å². The molecule has 0 spiro atoms. The van der Waals surface area contributed by atoms with Crippen LogP contribution in [0, 0.1) is 0 Å². The summed E-state index contributed by atoms with van der Waals surface area (Å²) in [7, 11) is 0. The molecule has 1 aliphatic heterocycles. The van der Waals surface area contributed by atoms with Crippen LogP contribution in [-0.4, -0.2) is 26.2 Å². The number of carboxylic acids is 2. The van der Waals surface area contributed by atoms with Gasteiger partial charge in [0, 0.05) is 0 Å². The van der Waals surface area contributed by atoms with Gasteiger partial charge in [0.2, 0.25) is 0 Å². The zero-order chi connectivity index (χ0) is 9.14. The molecule has 0 aliphatic carbocycles. The largest absolute Gasteiger partial charge is 0.478 e. The lowest BCUT2D eigenvalue weighted by atomic mass is 10.2. The zero-order valence-corrected chi connectivity index (χ0v) is 7.98. The lowest BCUT2D eigenvalue weighted by molar-refractivity contribution is -0.132. The maximum absolute atomic E-state index is 10.4. The van der Waals surface area contributed by atoms with E-state index in [0.29, 0.717) is 0 Å². The Morgan fingerprint density at radius 2 is 1.75 bits per heavy atom. The molecule has 0 unspecified atom stereocenters. The van der Waals surface area contributed by atoms with Crippen molar-refractivity contribution in [3.8, 4) is 0 Å². The van der Waals surface area contributed by atoms with Crippen LogP contribution in [0.15, 0.2) is 21.3 Å². The van der Waals surface area contributed by atoms with Crippen LogP contribution < -0.4 is 0 Å². The van der Waals surface area contributed by atoms with Gasteiger partial charge in [0.25, 0.3) is 0 Å². The Bertz CT molecular complexity index is 310. The highest BCUT2D eigenvalue weighted by molar-refractivity contribution is 14.2. The summed E-state index contributed by atoms with van der Waals surface area (Å²) in [5.41, 5.74) is 0.172. The molecule has 1 rings (SSSR count). The van der Waals surface area contributed by atoms with Gasteiger partial charge >= 0.3 is 11.9 Å². The van der Waals surface area contributed by atoms with Crippen LogP contribution in [0.4, 0.5) is 0 Å². The van der Waals surface area contributed by atoms with E-state index >= 15 is 0 Å². The molecule has 2 N–H and O–H groups in total. The second kappa shape index (κ2) is 3.61. The van der Waals surface area contributed by atoms with Gasteiger partial charge in [-0.3, -0.25) is 0 Å². The summed E-state index contributed by atoms with van der Waals surface area (Å²) < 4.78 is 3.15. The highest BCUT2D eigenvalue weighted by Crippen LogP contribution is 2.16. The number of hydrogen-bond donors (Lipinski definition) is 2. The van der Waals surface area contributed by atoms with Gasteiger partial charge in [0.05, 0.1) is 11.1 Å². The van der Waals surface area contributed by atoms with Gasteiger partial charge in [-0.2, -0.15) is 0 Å². The molecule has 0 saturated heterocycles. The maximum atomic E-state index is 10.4. The fourth-order valence-electron chi connectivity index (χ4n) is 0.615. The van der Waals surface area contributed by atoms with Crippen molar-refractivity contribution < 1.29 is 19.8 Å². The zero-order valence-electron chi connectivity index (χ0n) is 5.82. The molecule has 1 heterocycles. The Morgan fingerprint density at radius 1 is 1.17 bits per heavy atom. The van der Waals surface area contributed by atoms with Crippen LogP contribution >= 0.6 is 20.7 Å². The van der Waals surface area contributed by atoms with Crippen molar-refractivity contribution >= 4 is 36.7 Å². The SMILES string of the molecule is O=C(O)C1=CI=CC(C(=O)O)=C1. The first-order valence-corrected chi connectivity index (χ1v) is 5.44. The van der Waals surface area contributed by atoms with Gasteiger partial charge in [-0.15, -0.1) is 0 Å². The summed E-state index contributed by atoms with van der Waals surface area (Å²) in [4.78, 5) is 20.8. The third kappa shape index (κ3) is 2.00. The van der Waals surface area contributed by atoms with E-state index in [2.05, 4.69) is 0 Å². The standard InChI is InChI=1S/C7H5IO4/c9-6(10)4-1-5(7(11)12)3-8-2-4/h1-3H,(H,9,10)(H,11,12). The van der Waals surface area contributed by atoms with Gasteiger partial charge in [-0.25, -0.2) is 9.59 Å². The molecule has 0 atom stereocenters. The molecule has 0 bridgehead atoms. The third-order valence-electron chi connectivity index (χ3n) is 1.17. The second-order valence-corrected chi connectivity index (χ2v) is 3.97. The van der Waals surface area contributed by atoms with Crippen molar-refractivity contribution in [3.05, 3.63) is 21.3 Å². The van der Waals surface area contributed by atoms with Crippen molar-refractivity contribution in [1.29, 1.82) is 0 Å². The maximum Gasteiger partial charge on any atom is 0.336 e. The van der Waals surface area contributed by atoms with Crippen LogP contribution in [0.1, 0.15) is 0 Å². The molecule has 0 fully saturated rings. The van der Waals surface area contributed by atoms with Crippen molar-refractivity contribution in [1.82, 2.24) is 0 Å². The number of aliphatic carboxylic acids is 2. The molecular weight excluding hydrogens is 275 g/mol. The number of hydrogen-bond acceptors (Lipinski definition) is 2. The van der Waals surface area contributed by atoms with Crippen LogP contribution in [-0.2, 0) is 9.59 Å². The van der Waals surface area contributed by atoms with E-state index in [0.717, 1.165) is 0 Å². The van der Waals surface area contributed by atoms with E-state index in [1.807, 2.05) is 0 Å². The molecule has 12 heavy (non-hydrogen) atoms. The minimum absolute atomic E-state index is 0.0858. The van der Waals surface area contributed by atoms with E-state index in [1.165, 1.54) is 6.08 Å². The Balaban J connectivity index is 2.99. The smallest absolute Gasteiger partial charge is 0.336 e. The van der Waals surface area contributed by atoms with E-state index < -0.39 is 32.7 Å². The van der Waals surface area contributed by atoms with E-state index in [-0.39, 0.29) is 11.1 Å². The Labute approximate surface area is 78.0 Å². The first-order valence-electron chi connectivity index (χ1n) is 2.95. The molecule has 0 aromatic carbocycles. The molecule has 0 aromatic rings. The predicted molar refractivity (Wildman–Crippen MR) is 51.5 cm³/mol. The Morgan fingerprint density at radius 3 is 2.25 bits per heavy atom. The number of rotatable bonds is 2. The summed E-state index contributed by atoms with van der Waals surface area (Å²) in [6.07, 6.45) is 1.17. The average molecular weight is 280 g/mol. The van der Waals surface area contributed by atoms with Gasteiger partial charge < -0.3 is 10.2 Å². The van der Waals surface area contributed by atoms with Crippen molar-refractivity contribution in [2.75, 3.05) is 0 Å². The second-order valence-electron chi connectivity index (χ2n) is 2.01. The number of halogens is 1. The quantitative estimate of drug-likeness (QED) is 0.732. The topological polar surface area (TPSA) is 74.6 Å². The van der Waals surface area contributed by atoms with Gasteiger partial charge in [-0.1, -0.05) is 20.7 Å². The molecule has 0 aromatic heterocycles. The summed E-state index contributed by atoms with van der Waals surface area (Å²) in [5.74, 6) is -2.14. The van der Waals surface area contributed by atoms with Crippen LogP contribution in [0.5, 0.6) is 0 Å². The van der Waals surface area contributed by atoms with E-state index in [1.54, 1.807) is 8.09 Å². The fourth-order valence-corrected chi connectivity index (χ4v) is 2.46. The first-order chi connectivity index (χ1) is 5.61. The minimum Gasteiger partial charge on any atom is -0.478 e. The molecule has 0 amide bonds. The van der Waals surface area contributed by atoms with Gasteiger partial charge in [0.15, 0.2) is 0 Å². The molecule has 1 aliphatic rings. The molecule has 4 nitrogen and oxygen atoms in total. The minimum atomic E-state index is -1.07. The molecule has 64 valence electrons. The van der Waals surface area contributed by atoms with Crippen LogP contribution in [0.3, 0.4) is 0 Å². The molecule has 0 saturated carbocycles. The number of carboxylic acid groups (broad SMARTS) is 2. The van der Waals surface area contributed by atoms with Gasteiger partial charge in [-0.05, 0) is 14.2 Å². The number of carbonyl (C=O) groups is 2. The first kappa shape index (κ1) is 9.11. The highest BCUT2D eigenvalue weighted by atomic mass is 127. The Kier molecular flexibility index (Phi) is 2.74. The monoisotopic (exact) mass is 280 g/mol. The van der Waals surface area contributed by atoms with E-state index in [9.17, 15) is 9.59 Å².